The van der Waals surface area contributed by atoms with Gasteiger partial charge in [0.2, 0.25) is 0 Å². The highest BCUT2D eigenvalue weighted by atomic mass is 16.4. The van der Waals surface area contributed by atoms with Crippen molar-refractivity contribution in [2.24, 2.45) is 0 Å². The summed E-state index contributed by atoms with van der Waals surface area (Å²) in [6.45, 7) is 1.93. The largest absolute Gasteiger partial charge is 0.481 e. The van der Waals surface area contributed by atoms with E-state index in [4.69, 9.17) is 5.11 Å². The van der Waals surface area contributed by atoms with Crippen LogP contribution in [0.15, 0.2) is 36.4 Å². The van der Waals surface area contributed by atoms with E-state index in [0.717, 1.165) is 18.7 Å². The van der Waals surface area contributed by atoms with Crippen LogP contribution in [0, 0.1) is 0 Å². The summed E-state index contributed by atoms with van der Waals surface area (Å²) in [6.07, 6.45) is 5.11. The summed E-state index contributed by atoms with van der Waals surface area (Å²) in [4.78, 5) is 12.7. The van der Waals surface area contributed by atoms with Gasteiger partial charge in [-0.1, -0.05) is 24.3 Å². The highest BCUT2D eigenvalue weighted by molar-refractivity contribution is 5.67. The lowest BCUT2D eigenvalue weighted by Crippen LogP contribution is -2.18. The molecule has 0 bridgehead atoms. The fourth-order valence-electron chi connectivity index (χ4n) is 1.81. The van der Waals surface area contributed by atoms with Crippen LogP contribution in [-0.2, 0) is 11.2 Å². The van der Waals surface area contributed by atoms with Crippen LogP contribution in [0.1, 0.15) is 12.0 Å². The Balaban J connectivity index is 1.96. The molecule has 3 heteroatoms. The number of benzene rings is 1. The van der Waals surface area contributed by atoms with Gasteiger partial charge in [0, 0.05) is 25.2 Å². The molecule has 2 rings (SSSR count). The van der Waals surface area contributed by atoms with Gasteiger partial charge < -0.3 is 10.0 Å². The summed E-state index contributed by atoms with van der Waals surface area (Å²) in [7, 11) is 0. The van der Waals surface area contributed by atoms with E-state index in [-0.39, 0.29) is 6.42 Å². The van der Waals surface area contributed by atoms with E-state index in [2.05, 4.69) is 29.2 Å². The summed E-state index contributed by atoms with van der Waals surface area (Å²) < 4.78 is 0. The highest BCUT2D eigenvalue weighted by Crippen LogP contribution is 2.18. The van der Waals surface area contributed by atoms with Crippen LogP contribution in [0.3, 0.4) is 0 Å². The van der Waals surface area contributed by atoms with Gasteiger partial charge >= 0.3 is 5.97 Å². The topological polar surface area (TPSA) is 40.5 Å². The number of anilines is 1. The molecule has 0 amide bonds. The Morgan fingerprint density at radius 3 is 2.38 bits per heavy atom. The molecule has 1 N–H and O–H groups in total. The minimum absolute atomic E-state index is 0.199. The molecule has 0 saturated carbocycles. The van der Waals surface area contributed by atoms with Gasteiger partial charge in [-0.15, -0.1) is 0 Å². The van der Waals surface area contributed by atoms with E-state index in [9.17, 15) is 4.79 Å². The number of carbonyl (C=O) groups is 1. The van der Waals surface area contributed by atoms with Crippen LogP contribution in [0.25, 0.3) is 0 Å². The molecule has 0 atom stereocenters. The third-order valence-electron chi connectivity index (χ3n) is 2.75. The Hall–Kier alpha value is -1.77. The van der Waals surface area contributed by atoms with Crippen LogP contribution in [0.2, 0.25) is 0 Å². The van der Waals surface area contributed by atoms with E-state index in [1.54, 1.807) is 0 Å². The lowest BCUT2D eigenvalue weighted by atomic mass is 10.1. The predicted octanol–water partition coefficient (Wildman–Crippen LogP) is 2.08. The normalized spacial score (nSPS) is 14.4. The molecule has 1 aromatic rings. The van der Waals surface area contributed by atoms with Crippen molar-refractivity contribution in [3.05, 3.63) is 42.0 Å². The van der Waals surface area contributed by atoms with E-state index in [0.29, 0.717) is 6.42 Å². The second-order valence-electron chi connectivity index (χ2n) is 3.94. The Morgan fingerprint density at radius 1 is 1.19 bits per heavy atom. The molecule has 0 radical (unpaired) electrons. The van der Waals surface area contributed by atoms with Crippen LogP contribution >= 0.6 is 0 Å². The average Bonchev–Trinajstić information content (AvgIpc) is 2.80. The van der Waals surface area contributed by atoms with Crippen molar-refractivity contribution in [3.8, 4) is 0 Å². The minimum atomic E-state index is -0.743. The molecule has 0 aromatic heterocycles. The zero-order valence-electron chi connectivity index (χ0n) is 9.10. The quantitative estimate of drug-likeness (QED) is 0.785. The van der Waals surface area contributed by atoms with Crippen LogP contribution in [-0.4, -0.2) is 24.2 Å². The molecule has 0 saturated heterocycles. The number of carboxylic acid groups (broad SMARTS) is 1. The maximum absolute atomic E-state index is 10.4. The Bertz CT molecular complexity index is 387. The summed E-state index contributed by atoms with van der Waals surface area (Å²) in [6, 6.07) is 8.14. The van der Waals surface area contributed by atoms with Gasteiger partial charge in [0.15, 0.2) is 0 Å². The molecule has 0 aliphatic carbocycles. The number of carboxylic acids is 1. The molecule has 0 fully saturated rings. The maximum Gasteiger partial charge on any atom is 0.303 e. The van der Waals surface area contributed by atoms with Gasteiger partial charge in [-0.3, -0.25) is 4.79 Å². The third kappa shape index (κ3) is 2.63. The second kappa shape index (κ2) is 4.84. The molecule has 1 aromatic carbocycles. The molecule has 0 spiro atoms. The minimum Gasteiger partial charge on any atom is -0.481 e. The van der Waals surface area contributed by atoms with Crippen molar-refractivity contribution in [3.63, 3.8) is 0 Å². The second-order valence-corrected chi connectivity index (χ2v) is 3.94. The van der Waals surface area contributed by atoms with E-state index in [1.807, 2.05) is 12.1 Å². The van der Waals surface area contributed by atoms with Crippen molar-refractivity contribution in [1.29, 1.82) is 0 Å². The molecule has 1 aliphatic heterocycles. The third-order valence-corrected chi connectivity index (χ3v) is 2.75. The SMILES string of the molecule is O=C(O)CCc1ccc(N2CC=CC2)cc1. The molecule has 16 heavy (non-hydrogen) atoms. The highest BCUT2D eigenvalue weighted by Gasteiger charge is 2.07. The van der Waals surface area contributed by atoms with Crippen LogP contribution in [0.5, 0.6) is 0 Å². The molecule has 3 nitrogen and oxygen atoms in total. The number of hydrogen-bond donors (Lipinski definition) is 1. The Kier molecular flexibility index (Phi) is 3.25. The first kappa shape index (κ1) is 10.7. The lowest BCUT2D eigenvalue weighted by molar-refractivity contribution is -0.136. The maximum atomic E-state index is 10.4. The summed E-state index contributed by atoms with van der Waals surface area (Å²) in [5.74, 6) is -0.743. The molecule has 0 unspecified atom stereocenters. The molecule has 84 valence electrons. The van der Waals surface area contributed by atoms with Gasteiger partial charge in [0.25, 0.3) is 0 Å². The molecular formula is C13H15NO2. The van der Waals surface area contributed by atoms with Crippen molar-refractivity contribution < 1.29 is 9.90 Å². The van der Waals surface area contributed by atoms with Crippen LogP contribution < -0.4 is 4.90 Å². The van der Waals surface area contributed by atoms with Gasteiger partial charge in [0.05, 0.1) is 0 Å². The Morgan fingerprint density at radius 2 is 1.81 bits per heavy atom. The summed E-state index contributed by atoms with van der Waals surface area (Å²) >= 11 is 0. The first-order chi connectivity index (χ1) is 7.75. The fraction of sp³-hybridized carbons (Fsp3) is 0.308. The average molecular weight is 217 g/mol. The first-order valence-electron chi connectivity index (χ1n) is 5.46. The van der Waals surface area contributed by atoms with Gasteiger partial charge in [0.1, 0.15) is 0 Å². The number of aryl methyl sites for hydroxylation is 1. The summed E-state index contributed by atoms with van der Waals surface area (Å²) in [5, 5.41) is 8.59. The number of aliphatic carboxylic acids is 1. The van der Waals surface area contributed by atoms with Crippen molar-refractivity contribution in [1.82, 2.24) is 0 Å². The molecular weight excluding hydrogens is 202 g/mol. The first-order valence-corrected chi connectivity index (χ1v) is 5.46. The van der Waals surface area contributed by atoms with E-state index >= 15 is 0 Å². The Labute approximate surface area is 95.0 Å². The number of nitrogens with zero attached hydrogens (tertiary/aromatic N) is 1. The molecule has 1 aliphatic rings. The fourth-order valence-corrected chi connectivity index (χ4v) is 1.81. The van der Waals surface area contributed by atoms with E-state index < -0.39 is 5.97 Å². The monoisotopic (exact) mass is 217 g/mol. The zero-order chi connectivity index (χ0) is 11.4. The van der Waals surface area contributed by atoms with Crippen LogP contribution in [0.4, 0.5) is 5.69 Å². The molecule has 1 heterocycles. The van der Waals surface area contributed by atoms with Gasteiger partial charge in [-0.05, 0) is 24.1 Å². The summed E-state index contributed by atoms with van der Waals surface area (Å²) in [5.41, 5.74) is 2.28. The standard InChI is InChI=1S/C13H15NO2/c15-13(16)8-5-11-3-6-12(7-4-11)14-9-1-2-10-14/h1-4,6-7H,5,8-10H2,(H,15,16). The lowest BCUT2D eigenvalue weighted by Gasteiger charge is -2.17. The smallest absolute Gasteiger partial charge is 0.303 e. The number of rotatable bonds is 4. The van der Waals surface area contributed by atoms with Crippen molar-refractivity contribution in [2.45, 2.75) is 12.8 Å². The number of hydrogen-bond acceptors (Lipinski definition) is 2. The van der Waals surface area contributed by atoms with E-state index in [1.165, 1.54) is 5.69 Å². The van der Waals surface area contributed by atoms with Gasteiger partial charge in [-0.2, -0.15) is 0 Å². The van der Waals surface area contributed by atoms with Gasteiger partial charge in [-0.25, -0.2) is 0 Å². The van der Waals surface area contributed by atoms with Crippen molar-refractivity contribution >= 4 is 11.7 Å². The predicted molar refractivity (Wildman–Crippen MR) is 63.8 cm³/mol. The van der Waals surface area contributed by atoms with Crippen molar-refractivity contribution in [2.75, 3.05) is 18.0 Å². The zero-order valence-corrected chi connectivity index (χ0v) is 9.10.